The van der Waals surface area contributed by atoms with E-state index in [1.54, 1.807) is 18.2 Å². The predicted octanol–water partition coefficient (Wildman–Crippen LogP) is 3.65. The van der Waals surface area contributed by atoms with Crippen LogP contribution in [0.1, 0.15) is 26.3 Å². The molecular weight excluding hydrogens is 252 g/mol. The van der Waals surface area contributed by atoms with Crippen molar-refractivity contribution in [1.29, 1.82) is 0 Å². The largest absolute Gasteiger partial charge is 0.423 e. The van der Waals surface area contributed by atoms with Crippen molar-refractivity contribution in [2.24, 2.45) is 0 Å². The summed E-state index contributed by atoms with van der Waals surface area (Å²) in [6.07, 6.45) is 1.61. The summed E-state index contributed by atoms with van der Waals surface area (Å²) in [5, 5.41) is 0. The van der Waals surface area contributed by atoms with Crippen molar-refractivity contribution in [2.75, 3.05) is 13.2 Å². The first kappa shape index (κ1) is 16.2. The highest BCUT2D eigenvalue weighted by molar-refractivity contribution is 5.89. The van der Waals surface area contributed by atoms with E-state index in [0.29, 0.717) is 12.4 Å². The summed E-state index contributed by atoms with van der Waals surface area (Å²) in [7, 11) is 0. The molecule has 1 aromatic carbocycles. The number of esters is 1. The van der Waals surface area contributed by atoms with E-state index in [1.807, 2.05) is 12.1 Å². The van der Waals surface area contributed by atoms with Crippen LogP contribution in [0, 0.1) is 0 Å². The number of carbonyl (C=O) groups is 1. The lowest BCUT2D eigenvalue weighted by atomic mass is 9.87. The topological polar surface area (TPSA) is 35.5 Å². The Kier molecular flexibility index (Phi) is 5.71. The second-order valence-corrected chi connectivity index (χ2v) is 5.57. The predicted molar refractivity (Wildman–Crippen MR) is 80.9 cm³/mol. The molecule has 0 saturated carbocycles. The van der Waals surface area contributed by atoms with Crippen LogP contribution in [0.5, 0.6) is 5.75 Å². The minimum absolute atomic E-state index is 0.0741. The Morgan fingerprint density at radius 3 is 2.35 bits per heavy atom. The molecule has 0 saturated heterocycles. The maximum atomic E-state index is 11.8. The maximum absolute atomic E-state index is 11.8. The van der Waals surface area contributed by atoms with Crippen LogP contribution in [0.4, 0.5) is 0 Å². The summed E-state index contributed by atoms with van der Waals surface area (Å²) >= 11 is 0. The maximum Gasteiger partial charge on any atom is 0.341 e. The summed E-state index contributed by atoms with van der Waals surface area (Å²) in [4.78, 5) is 11.8. The van der Waals surface area contributed by atoms with Crippen LogP contribution in [0.3, 0.4) is 0 Å². The lowest BCUT2D eigenvalue weighted by Gasteiger charge is -2.19. The van der Waals surface area contributed by atoms with Gasteiger partial charge in [0.1, 0.15) is 5.75 Å². The van der Waals surface area contributed by atoms with Crippen molar-refractivity contribution >= 4 is 5.97 Å². The molecule has 3 heteroatoms. The Morgan fingerprint density at radius 2 is 1.85 bits per heavy atom. The molecule has 0 unspecified atom stereocenters. The molecule has 0 aliphatic rings. The number of hydrogen-bond acceptors (Lipinski definition) is 3. The van der Waals surface area contributed by atoms with Gasteiger partial charge in [-0.15, -0.1) is 6.58 Å². The third-order valence-electron chi connectivity index (χ3n) is 2.73. The number of benzene rings is 1. The minimum atomic E-state index is -0.474. The average molecular weight is 274 g/mol. The summed E-state index contributed by atoms with van der Waals surface area (Å²) in [5.74, 6) is 0.0328. The van der Waals surface area contributed by atoms with Gasteiger partial charge in [0.2, 0.25) is 0 Å². The fourth-order valence-corrected chi connectivity index (χ4v) is 1.53. The molecule has 108 valence electrons. The highest BCUT2D eigenvalue weighted by atomic mass is 16.5. The van der Waals surface area contributed by atoms with E-state index in [-0.39, 0.29) is 17.6 Å². The molecule has 0 spiro atoms. The molecule has 3 nitrogen and oxygen atoms in total. The van der Waals surface area contributed by atoms with Gasteiger partial charge in [-0.25, -0.2) is 4.79 Å². The molecule has 0 atom stereocenters. The van der Waals surface area contributed by atoms with Gasteiger partial charge in [0.15, 0.2) is 0 Å². The van der Waals surface area contributed by atoms with Gasteiger partial charge in [0.05, 0.1) is 18.8 Å². The molecule has 1 aromatic rings. The molecule has 0 aromatic heterocycles. The third kappa shape index (κ3) is 5.02. The molecule has 0 N–H and O–H groups in total. The zero-order valence-corrected chi connectivity index (χ0v) is 12.4. The van der Waals surface area contributed by atoms with E-state index in [9.17, 15) is 4.79 Å². The van der Waals surface area contributed by atoms with Crippen molar-refractivity contribution in [1.82, 2.24) is 0 Å². The molecule has 0 heterocycles. The molecule has 0 radical (unpaired) electrons. The van der Waals surface area contributed by atoms with Crippen LogP contribution in [-0.2, 0) is 14.9 Å². The van der Waals surface area contributed by atoms with Crippen LogP contribution in [0.25, 0.3) is 0 Å². The molecular formula is C17H22O3. The van der Waals surface area contributed by atoms with Gasteiger partial charge in [-0.1, -0.05) is 45.6 Å². The normalized spacial score (nSPS) is 10.9. The van der Waals surface area contributed by atoms with Crippen LogP contribution in [0.15, 0.2) is 49.1 Å². The quantitative estimate of drug-likeness (QED) is 0.261. The highest BCUT2D eigenvalue weighted by Crippen LogP contribution is 2.24. The standard InChI is InChI=1S/C17H22O3/c1-6-11-19-12-13(2)16(18)20-15-9-7-14(8-10-15)17(3,4)5/h6-10H,1-2,11-12H2,3-5H3. The van der Waals surface area contributed by atoms with Crippen LogP contribution >= 0.6 is 0 Å². The van der Waals surface area contributed by atoms with Gasteiger partial charge >= 0.3 is 5.97 Å². The fraction of sp³-hybridized carbons (Fsp3) is 0.353. The van der Waals surface area contributed by atoms with E-state index >= 15 is 0 Å². The minimum Gasteiger partial charge on any atom is -0.423 e. The summed E-state index contributed by atoms with van der Waals surface area (Å²) in [5.41, 5.74) is 1.54. The first-order chi connectivity index (χ1) is 9.34. The number of rotatable bonds is 6. The Labute approximate surface area is 120 Å². The lowest BCUT2D eigenvalue weighted by Crippen LogP contribution is -2.15. The Hall–Kier alpha value is -1.87. The van der Waals surface area contributed by atoms with Crippen molar-refractivity contribution in [2.45, 2.75) is 26.2 Å². The molecule has 20 heavy (non-hydrogen) atoms. The fourth-order valence-electron chi connectivity index (χ4n) is 1.53. The third-order valence-corrected chi connectivity index (χ3v) is 2.73. The van der Waals surface area contributed by atoms with E-state index in [0.717, 1.165) is 0 Å². The average Bonchev–Trinajstić information content (AvgIpc) is 2.38. The van der Waals surface area contributed by atoms with Crippen molar-refractivity contribution in [3.05, 3.63) is 54.6 Å². The second kappa shape index (κ2) is 7.06. The number of carbonyl (C=O) groups excluding carboxylic acids is 1. The van der Waals surface area contributed by atoms with E-state index in [2.05, 4.69) is 33.9 Å². The highest BCUT2D eigenvalue weighted by Gasteiger charge is 2.14. The van der Waals surface area contributed by atoms with Gasteiger partial charge < -0.3 is 9.47 Å². The number of hydrogen-bond donors (Lipinski definition) is 0. The Bertz CT molecular complexity index is 478. The van der Waals surface area contributed by atoms with Crippen LogP contribution in [-0.4, -0.2) is 19.2 Å². The zero-order valence-electron chi connectivity index (χ0n) is 12.4. The van der Waals surface area contributed by atoms with E-state index in [4.69, 9.17) is 9.47 Å². The van der Waals surface area contributed by atoms with Crippen molar-refractivity contribution in [3.8, 4) is 5.75 Å². The monoisotopic (exact) mass is 274 g/mol. The molecule has 1 rings (SSSR count). The number of ether oxygens (including phenoxy) is 2. The smallest absolute Gasteiger partial charge is 0.341 e. The van der Waals surface area contributed by atoms with Crippen molar-refractivity contribution in [3.63, 3.8) is 0 Å². The Morgan fingerprint density at radius 1 is 1.25 bits per heavy atom. The van der Waals surface area contributed by atoms with Crippen LogP contribution in [0.2, 0.25) is 0 Å². The zero-order chi connectivity index (χ0) is 15.2. The van der Waals surface area contributed by atoms with Gasteiger partial charge in [-0.05, 0) is 23.1 Å². The second-order valence-electron chi connectivity index (χ2n) is 5.57. The lowest BCUT2D eigenvalue weighted by molar-refractivity contribution is -0.130. The SMILES string of the molecule is C=CCOCC(=C)C(=O)Oc1ccc(C(C)(C)C)cc1. The first-order valence-electron chi connectivity index (χ1n) is 6.53. The van der Waals surface area contributed by atoms with E-state index in [1.165, 1.54) is 5.56 Å². The summed E-state index contributed by atoms with van der Waals surface area (Å²) in [6, 6.07) is 7.49. The summed E-state index contributed by atoms with van der Waals surface area (Å²) in [6.45, 7) is 14.1. The molecule has 0 fully saturated rings. The van der Waals surface area contributed by atoms with E-state index < -0.39 is 5.97 Å². The van der Waals surface area contributed by atoms with Crippen molar-refractivity contribution < 1.29 is 14.3 Å². The molecule has 0 aliphatic carbocycles. The van der Waals surface area contributed by atoms with Gasteiger partial charge in [0, 0.05) is 0 Å². The molecule has 0 aliphatic heterocycles. The Balaban J connectivity index is 2.58. The summed E-state index contributed by atoms with van der Waals surface area (Å²) < 4.78 is 10.4. The van der Waals surface area contributed by atoms with Gasteiger partial charge in [-0.3, -0.25) is 0 Å². The molecule has 0 amide bonds. The molecule has 0 bridgehead atoms. The van der Waals surface area contributed by atoms with Gasteiger partial charge in [0.25, 0.3) is 0 Å². The van der Waals surface area contributed by atoms with Crippen LogP contribution < -0.4 is 4.74 Å². The van der Waals surface area contributed by atoms with Gasteiger partial charge in [-0.2, -0.15) is 0 Å². The first-order valence-corrected chi connectivity index (χ1v) is 6.53.